The lowest BCUT2D eigenvalue weighted by Crippen LogP contribution is -2.40. The van der Waals surface area contributed by atoms with Gasteiger partial charge in [-0.15, -0.1) is 0 Å². The average molecular weight is 407 g/mol. The summed E-state index contributed by atoms with van der Waals surface area (Å²) in [5.41, 5.74) is -0.618. The molecule has 0 bridgehead atoms. The molecule has 9 heteroatoms. The molecule has 0 unspecified atom stereocenters. The molecule has 0 saturated carbocycles. The Bertz CT molecular complexity index is 866. The molecule has 0 aliphatic carbocycles. The maximum atomic E-state index is 12.8. The third kappa shape index (κ3) is 5.36. The highest BCUT2D eigenvalue weighted by Crippen LogP contribution is 2.23. The number of carbonyl (C=O) groups excluding carboxylic acids is 2. The zero-order chi connectivity index (χ0) is 21.8. The Hall–Kier alpha value is -2.84. The number of amides is 1. The standard InChI is InChI=1S/C20H29N3O6/c1-7-27-15-14(18(25)28-8-2)21-16(22(6)17(15)24)13-10-9-11-23(12-13)19(26)29-20(3,4)5/h10H,7-9,11-12H2,1-6H3. The Morgan fingerprint density at radius 2 is 1.90 bits per heavy atom. The van der Waals surface area contributed by atoms with Gasteiger partial charge in [0.05, 0.1) is 19.8 Å². The van der Waals surface area contributed by atoms with Gasteiger partial charge < -0.3 is 19.1 Å². The number of rotatable bonds is 5. The van der Waals surface area contributed by atoms with Crippen molar-refractivity contribution in [3.05, 3.63) is 27.9 Å². The van der Waals surface area contributed by atoms with Crippen molar-refractivity contribution in [1.29, 1.82) is 0 Å². The summed E-state index contributed by atoms with van der Waals surface area (Å²) in [5, 5.41) is 0. The van der Waals surface area contributed by atoms with Crippen LogP contribution in [0.15, 0.2) is 10.9 Å². The summed E-state index contributed by atoms with van der Waals surface area (Å²) in [4.78, 5) is 43.5. The maximum Gasteiger partial charge on any atom is 0.410 e. The fourth-order valence-electron chi connectivity index (χ4n) is 2.87. The minimum absolute atomic E-state index is 0.141. The summed E-state index contributed by atoms with van der Waals surface area (Å²) in [5.74, 6) is -0.581. The van der Waals surface area contributed by atoms with Crippen LogP contribution in [0.2, 0.25) is 0 Å². The van der Waals surface area contributed by atoms with Gasteiger partial charge in [0.2, 0.25) is 5.75 Å². The minimum Gasteiger partial charge on any atom is -0.486 e. The SMILES string of the molecule is CCOC(=O)c1nc(C2=CCCN(C(=O)OC(C)(C)C)C2)n(C)c(=O)c1OCC. The van der Waals surface area contributed by atoms with Gasteiger partial charge in [-0.3, -0.25) is 9.36 Å². The van der Waals surface area contributed by atoms with E-state index in [-0.39, 0.29) is 37.0 Å². The molecule has 1 amide bonds. The van der Waals surface area contributed by atoms with Crippen molar-refractivity contribution in [2.24, 2.45) is 7.05 Å². The molecule has 1 aliphatic heterocycles. The molecule has 2 heterocycles. The lowest BCUT2D eigenvalue weighted by Gasteiger charge is -2.30. The van der Waals surface area contributed by atoms with Gasteiger partial charge in [-0.25, -0.2) is 14.6 Å². The highest BCUT2D eigenvalue weighted by atomic mass is 16.6. The molecule has 0 atom stereocenters. The van der Waals surface area contributed by atoms with E-state index in [1.165, 1.54) is 4.57 Å². The van der Waals surface area contributed by atoms with Gasteiger partial charge in [0.1, 0.15) is 11.4 Å². The summed E-state index contributed by atoms with van der Waals surface area (Å²) in [7, 11) is 1.55. The molecular formula is C20H29N3O6. The predicted molar refractivity (Wildman–Crippen MR) is 107 cm³/mol. The Morgan fingerprint density at radius 3 is 2.48 bits per heavy atom. The van der Waals surface area contributed by atoms with Crippen LogP contribution < -0.4 is 10.3 Å². The van der Waals surface area contributed by atoms with Crippen LogP contribution >= 0.6 is 0 Å². The summed E-state index contributed by atoms with van der Waals surface area (Å²) in [6.07, 6.45) is 2.04. The average Bonchev–Trinajstić information content (AvgIpc) is 2.64. The Morgan fingerprint density at radius 1 is 1.21 bits per heavy atom. The quantitative estimate of drug-likeness (QED) is 0.691. The first-order valence-electron chi connectivity index (χ1n) is 9.67. The molecule has 0 spiro atoms. The lowest BCUT2D eigenvalue weighted by atomic mass is 10.1. The van der Waals surface area contributed by atoms with Gasteiger partial charge in [0.25, 0.3) is 5.56 Å². The largest absolute Gasteiger partial charge is 0.486 e. The highest BCUT2D eigenvalue weighted by molar-refractivity contribution is 5.90. The monoisotopic (exact) mass is 407 g/mol. The molecule has 0 fully saturated rings. The van der Waals surface area contributed by atoms with E-state index in [0.717, 1.165) is 0 Å². The van der Waals surface area contributed by atoms with E-state index in [1.54, 1.807) is 46.6 Å². The lowest BCUT2D eigenvalue weighted by molar-refractivity contribution is 0.0272. The molecule has 0 aromatic carbocycles. The van der Waals surface area contributed by atoms with Gasteiger partial charge in [0.15, 0.2) is 5.69 Å². The van der Waals surface area contributed by atoms with E-state index in [1.807, 2.05) is 6.08 Å². The number of esters is 1. The molecule has 1 aromatic rings. The molecule has 1 aromatic heterocycles. The number of hydrogen-bond donors (Lipinski definition) is 0. The number of aromatic nitrogens is 2. The Labute approximate surface area is 170 Å². The molecule has 160 valence electrons. The molecule has 2 rings (SSSR count). The summed E-state index contributed by atoms with van der Waals surface area (Å²) < 4.78 is 17.2. The van der Waals surface area contributed by atoms with Crippen molar-refractivity contribution in [3.63, 3.8) is 0 Å². The number of hydrogen-bond acceptors (Lipinski definition) is 7. The van der Waals surface area contributed by atoms with Gasteiger partial charge in [0, 0.05) is 19.2 Å². The summed E-state index contributed by atoms with van der Waals surface area (Å²) in [6.45, 7) is 9.84. The minimum atomic E-state index is -0.727. The molecule has 0 N–H and O–H groups in total. The molecule has 1 aliphatic rings. The highest BCUT2D eigenvalue weighted by Gasteiger charge is 2.28. The van der Waals surface area contributed by atoms with Crippen LogP contribution in [0.5, 0.6) is 5.75 Å². The van der Waals surface area contributed by atoms with Crippen molar-refractivity contribution in [2.45, 2.75) is 46.6 Å². The Kier molecular flexibility index (Phi) is 7.05. The Balaban J connectivity index is 2.43. The van der Waals surface area contributed by atoms with Crippen LogP contribution in [0.3, 0.4) is 0 Å². The van der Waals surface area contributed by atoms with E-state index >= 15 is 0 Å². The molecule has 0 radical (unpaired) electrons. The van der Waals surface area contributed by atoms with Crippen LogP contribution in [-0.4, -0.2) is 58.4 Å². The fraction of sp³-hybridized carbons (Fsp3) is 0.600. The van der Waals surface area contributed by atoms with Crippen LogP contribution in [0.1, 0.15) is 57.4 Å². The second-order valence-corrected chi connectivity index (χ2v) is 7.55. The second-order valence-electron chi connectivity index (χ2n) is 7.55. The third-order valence-electron chi connectivity index (χ3n) is 4.10. The van der Waals surface area contributed by atoms with Crippen LogP contribution in [0.25, 0.3) is 5.57 Å². The van der Waals surface area contributed by atoms with Gasteiger partial charge >= 0.3 is 12.1 Å². The van der Waals surface area contributed by atoms with E-state index in [9.17, 15) is 14.4 Å². The zero-order valence-corrected chi connectivity index (χ0v) is 17.9. The molecule has 9 nitrogen and oxygen atoms in total. The van der Waals surface area contributed by atoms with Crippen molar-refractivity contribution in [2.75, 3.05) is 26.3 Å². The van der Waals surface area contributed by atoms with Gasteiger partial charge in [-0.2, -0.15) is 0 Å². The first kappa shape index (κ1) is 22.4. The summed E-state index contributed by atoms with van der Waals surface area (Å²) >= 11 is 0. The van der Waals surface area contributed by atoms with E-state index in [2.05, 4.69) is 4.98 Å². The molecular weight excluding hydrogens is 378 g/mol. The molecule has 29 heavy (non-hydrogen) atoms. The van der Waals surface area contributed by atoms with Gasteiger partial charge in [-0.05, 0) is 41.0 Å². The van der Waals surface area contributed by atoms with Crippen molar-refractivity contribution < 1.29 is 23.8 Å². The van der Waals surface area contributed by atoms with E-state index in [4.69, 9.17) is 14.2 Å². The number of ether oxygens (including phenoxy) is 3. The first-order chi connectivity index (χ1) is 13.6. The molecule has 0 saturated heterocycles. The predicted octanol–water partition coefficient (Wildman–Crippen LogP) is 2.38. The van der Waals surface area contributed by atoms with Crippen LogP contribution in [0.4, 0.5) is 4.79 Å². The van der Waals surface area contributed by atoms with Crippen LogP contribution in [0, 0.1) is 0 Å². The van der Waals surface area contributed by atoms with Crippen molar-refractivity contribution in [3.8, 4) is 5.75 Å². The normalized spacial score (nSPS) is 14.3. The second kappa shape index (κ2) is 9.11. The van der Waals surface area contributed by atoms with Crippen LogP contribution in [-0.2, 0) is 16.5 Å². The van der Waals surface area contributed by atoms with Crippen molar-refractivity contribution in [1.82, 2.24) is 14.5 Å². The number of carbonyl (C=O) groups is 2. The fourth-order valence-corrected chi connectivity index (χ4v) is 2.87. The van der Waals surface area contributed by atoms with E-state index in [0.29, 0.717) is 18.5 Å². The first-order valence-corrected chi connectivity index (χ1v) is 9.67. The summed E-state index contributed by atoms with van der Waals surface area (Å²) in [6, 6.07) is 0. The zero-order valence-electron chi connectivity index (χ0n) is 17.9. The third-order valence-corrected chi connectivity index (χ3v) is 4.10. The number of nitrogens with zero attached hydrogens (tertiary/aromatic N) is 3. The van der Waals surface area contributed by atoms with E-state index < -0.39 is 23.2 Å². The smallest absolute Gasteiger partial charge is 0.410 e. The van der Waals surface area contributed by atoms with Gasteiger partial charge in [-0.1, -0.05) is 6.08 Å². The van der Waals surface area contributed by atoms with Crippen molar-refractivity contribution >= 4 is 17.6 Å². The maximum absolute atomic E-state index is 12.8. The topological polar surface area (TPSA) is 100.0 Å².